The molecule has 0 aliphatic carbocycles. The zero-order valence-electron chi connectivity index (χ0n) is 9.29. The van der Waals surface area contributed by atoms with Gasteiger partial charge in [-0.3, -0.25) is 0 Å². The molecule has 3 heteroatoms. The number of nitrogens with two attached hydrogens (primary N) is 1. The second-order valence-electron chi connectivity index (χ2n) is 3.88. The molecule has 1 aromatic rings. The van der Waals surface area contributed by atoms with Crippen LogP contribution >= 0.6 is 11.8 Å². The van der Waals surface area contributed by atoms with Gasteiger partial charge in [-0.1, -0.05) is 26.3 Å². The van der Waals surface area contributed by atoms with Crippen LogP contribution < -0.4 is 5.73 Å². The van der Waals surface area contributed by atoms with E-state index in [1.165, 1.54) is 12.5 Å². The summed E-state index contributed by atoms with van der Waals surface area (Å²) in [6, 6.07) is 5.05. The summed E-state index contributed by atoms with van der Waals surface area (Å²) in [5.74, 6) is 2.41. The van der Waals surface area contributed by atoms with Gasteiger partial charge in [0.1, 0.15) is 5.82 Å². The molecule has 0 aliphatic rings. The number of hydrogen-bond acceptors (Lipinski definition) is 2. The van der Waals surface area contributed by atoms with Gasteiger partial charge in [0.05, 0.1) is 5.69 Å². The maximum Gasteiger partial charge on any atom is 0.146 e. The molecular weight excluding hydrogens is 209 g/mol. The smallest absolute Gasteiger partial charge is 0.146 e. The number of hydrogen-bond donors (Lipinski definition) is 1. The van der Waals surface area contributed by atoms with E-state index in [1.54, 1.807) is 6.07 Å². The molecule has 0 spiro atoms. The van der Waals surface area contributed by atoms with Gasteiger partial charge in [0.25, 0.3) is 0 Å². The lowest BCUT2D eigenvalue weighted by Crippen LogP contribution is -1.96. The summed E-state index contributed by atoms with van der Waals surface area (Å²) in [5.41, 5.74) is 6.64. The third kappa shape index (κ3) is 4.12. The average Bonchev–Trinajstić information content (AvgIpc) is 2.23. The van der Waals surface area contributed by atoms with Crippen molar-refractivity contribution in [1.29, 1.82) is 0 Å². The second-order valence-corrected chi connectivity index (χ2v) is 4.91. The Morgan fingerprint density at radius 2 is 2.20 bits per heavy atom. The summed E-state index contributed by atoms with van der Waals surface area (Å²) >= 11 is 1.85. The van der Waals surface area contributed by atoms with Gasteiger partial charge in [-0.05, 0) is 29.4 Å². The summed E-state index contributed by atoms with van der Waals surface area (Å²) in [5, 5.41) is 0. The van der Waals surface area contributed by atoms with Crippen LogP contribution in [0.5, 0.6) is 0 Å². The minimum absolute atomic E-state index is 0.227. The third-order valence-electron chi connectivity index (χ3n) is 2.43. The Bertz CT molecular complexity index is 314. The Kier molecular flexibility index (Phi) is 4.95. The van der Waals surface area contributed by atoms with Crippen LogP contribution in [0.3, 0.4) is 0 Å². The zero-order chi connectivity index (χ0) is 11.3. The van der Waals surface area contributed by atoms with E-state index in [4.69, 9.17) is 5.73 Å². The molecule has 1 nitrogen and oxygen atoms in total. The van der Waals surface area contributed by atoms with Crippen molar-refractivity contribution >= 4 is 17.4 Å². The third-order valence-corrected chi connectivity index (χ3v) is 3.78. The minimum Gasteiger partial charge on any atom is -0.396 e. The van der Waals surface area contributed by atoms with E-state index in [2.05, 4.69) is 13.8 Å². The fourth-order valence-corrected chi connectivity index (χ4v) is 2.33. The van der Waals surface area contributed by atoms with Gasteiger partial charge in [0, 0.05) is 5.75 Å². The van der Waals surface area contributed by atoms with E-state index < -0.39 is 0 Å². The monoisotopic (exact) mass is 227 g/mol. The molecule has 0 amide bonds. The number of halogens is 1. The van der Waals surface area contributed by atoms with Gasteiger partial charge in [-0.2, -0.15) is 11.8 Å². The molecule has 84 valence electrons. The molecule has 0 aromatic heterocycles. The lowest BCUT2D eigenvalue weighted by atomic mass is 10.2. The average molecular weight is 227 g/mol. The molecule has 0 bridgehead atoms. The van der Waals surface area contributed by atoms with E-state index in [0.717, 1.165) is 23.0 Å². The summed E-state index contributed by atoms with van der Waals surface area (Å²) in [7, 11) is 0. The first-order chi connectivity index (χ1) is 7.13. The Hall–Kier alpha value is -0.700. The zero-order valence-corrected chi connectivity index (χ0v) is 10.1. The van der Waals surface area contributed by atoms with E-state index in [-0.39, 0.29) is 11.5 Å². The number of thioether (sulfide) groups is 1. The van der Waals surface area contributed by atoms with Crippen LogP contribution in [0, 0.1) is 11.7 Å². The molecule has 1 atom stereocenters. The van der Waals surface area contributed by atoms with E-state index in [1.807, 2.05) is 17.8 Å². The highest BCUT2D eigenvalue weighted by Crippen LogP contribution is 2.19. The highest BCUT2D eigenvalue weighted by molar-refractivity contribution is 7.98. The van der Waals surface area contributed by atoms with Crippen molar-refractivity contribution in [2.45, 2.75) is 26.0 Å². The Morgan fingerprint density at radius 1 is 1.47 bits per heavy atom. The van der Waals surface area contributed by atoms with Crippen molar-refractivity contribution in [2.75, 3.05) is 11.5 Å². The van der Waals surface area contributed by atoms with Crippen LogP contribution in [0.1, 0.15) is 25.8 Å². The first kappa shape index (κ1) is 12.4. The lowest BCUT2D eigenvalue weighted by molar-refractivity contribution is 0.631. The van der Waals surface area contributed by atoms with Crippen LogP contribution in [-0.4, -0.2) is 5.75 Å². The molecule has 0 saturated carbocycles. The van der Waals surface area contributed by atoms with Crippen molar-refractivity contribution in [1.82, 2.24) is 0 Å². The first-order valence-corrected chi connectivity index (χ1v) is 6.40. The number of anilines is 1. The number of benzene rings is 1. The van der Waals surface area contributed by atoms with Gasteiger partial charge in [0.2, 0.25) is 0 Å². The Balaban J connectivity index is 2.41. The normalized spacial score (nSPS) is 12.7. The standard InChI is InChI=1S/C12H18FNS/c1-3-9(2)7-15-8-10-4-5-12(14)11(13)6-10/h4-6,9H,3,7-8,14H2,1-2H3. The van der Waals surface area contributed by atoms with Gasteiger partial charge in [-0.25, -0.2) is 4.39 Å². The quantitative estimate of drug-likeness (QED) is 0.776. The fraction of sp³-hybridized carbons (Fsp3) is 0.500. The highest BCUT2D eigenvalue weighted by atomic mass is 32.2. The number of nitrogen functional groups attached to an aromatic ring is 1. The first-order valence-electron chi connectivity index (χ1n) is 5.25. The SMILES string of the molecule is CCC(C)CSCc1ccc(N)c(F)c1. The van der Waals surface area contributed by atoms with Gasteiger partial charge >= 0.3 is 0 Å². The lowest BCUT2D eigenvalue weighted by Gasteiger charge is -2.08. The predicted octanol–water partition coefficient (Wildman–Crippen LogP) is 3.69. The van der Waals surface area contributed by atoms with E-state index in [9.17, 15) is 4.39 Å². The second kappa shape index (κ2) is 6.01. The molecular formula is C12H18FNS. The van der Waals surface area contributed by atoms with Crippen LogP contribution in [0.15, 0.2) is 18.2 Å². The predicted molar refractivity (Wildman–Crippen MR) is 66.4 cm³/mol. The van der Waals surface area contributed by atoms with Gasteiger partial charge < -0.3 is 5.73 Å². The van der Waals surface area contributed by atoms with Crippen LogP contribution in [0.2, 0.25) is 0 Å². The largest absolute Gasteiger partial charge is 0.396 e. The molecule has 1 aromatic carbocycles. The topological polar surface area (TPSA) is 26.0 Å². The fourth-order valence-electron chi connectivity index (χ4n) is 1.16. The molecule has 0 aliphatic heterocycles. The molecule has 0 fully saturated rings. The van der Waals surface area contributed by atoms with Crippen molar-refractivity contribution in [3.05, 3.63) is 29.6 Å². The number of rotatable bonds is 5. The van der Waals surface area contributed by atoms with Crippen molar-refractivity contribution in [2.24, 2.45) is 5.92 Å². The van der Waals surface area contributed by atoms with Crippen molar-refractivity contribution in [3.63, 3.8) is 0 Å². The Morgan fingerprint density at radius 3 is 2.80 bits per heavy atom. The molecule has 0 heterocycles. The molecule has 0 saturated heterocycles. The maximum atomic E-state index is 13.1. The van der Waals surface area contributed by atoms with Crippen molar-refractivity contribution < 1.29 is 4.39 Å². The van der Waals surface area contributed by atoms with Crippen molar-refractivity contribution in [3.8, 4) is 0 Å². The van der Waals surface area contributed by atoms with Gasteiger partial charge in [-0.15, -0.1) is 0 Å². The summed E-state index contributed by atoms with van der Waals surface area (Å²) in [6.45, 7) is 4.42. The summed E-state index contributed by atoms with van der Waals surface area (Å²) in [4.78, 5) is 0. The molecule has 1 rings (SSSR count). The van der Waals surface area contributed by atoms with Crippen LogP contribution in [0.25, 0.3) is 0 Å². The van der Waals surface area contributed by atoms with E-state index >= 15 is 0 Å². The minimum atomic E-state index is -0.309. The molecule has 15 heavy (non-hydrogen) atoms. The highest BCUT2D eigenvalue weighted by Gasteiger charge is 2.02. The van der Waals surface area contributed by atoms with Crippen LogP contribution in [-0.2, 0) is 5.75 Å². The van der Waals surface area contributed by atoms with Crippen LogP contribution in [0.4, 0.5) is 10.1 Å². The summed E-state index contributed by atoms with van der Waals surface area (Å²) < 4.78 is 13.1. The molecule has 1 unspecified atom stereocenters. The molecule has 0 radical (unpaired) electrons. The molecule has 2 N–H and O–H groups in total. The maximum absolute atomic E-state index is 13.1. The Labute approximate surface area is 95.2 Å². The van der Waals surface area contributed by atoms with E-state index in [0.29, 0.717) is 0 Å². The van der Waals surface area contributed by atoms with Gasteiger partial charge in [0.15, 0.2) is 0 Å². The summed E-state index contributed by atoms with van der Waals surface area (Å²) in [6.07, 6.45) is 1.20.